The van der Waals surface area contributed by atoms with Crippen LogP contribution in [-0.4, -0.2) is 44.7 Å². The van der Waals surface area contributed by atoms with Crippen molar-refractivity contribution in [1.29, 1.82) is 0 Å². The van der Waals surface area contributed by atoms with Crippen LogP contribution in [0.5, 0.6) is 0 Å². The average Bonchev–Trinajstić information content (AvgIpc) is 3.24. The van der Waals surface area contributed by atoms with E-state index >= 15 is 0 Å². The number of hydrogen-bond acceptors (Lipinski definition) is 5. The zero-order valence-electron chi connectivity index (χ0n) is 20.8. The number of benzene rings is 1. The first-order valence-electron chi connectivity index (χ1n) is 11.8. The van der Waals surface area contributed by atoms with Crippen LogP contribution in [0.3, 0.4) is 0 Å². The minimum Gasteiger partial charge on any atom is -0.347 e. The topological polar surface area (TPSA) is 75.1 Å². The molecule has 2 aromatic rings. The smallest absolute Gasteiger partial charge is 0.273 e. The minimum absolute atomic E-state index is 0.0577. The number of carbonyl (C=O) groups is 1. The number of rotatable bonds is 13. The van der Waals surface area contributed by atoms with Crippen molar-refractivity contribution in [2.45, 2.75) is 79.7 Å². The van der Waals surface area contributed by atoms with Crippen LogP contribution >= 0.6 is 0 Å². The van der Waals surface area contributed by atoms with Crippen LogP contribution in [0.15, 0.2) is 42.2 Å². The van der Waals surface area contributed by atoms with E-state index in [9.17, 15) is 9.18 Å². The standard InChI is InChI=1S/C25H39FN6O/c1-7-21(6)29-31(15-20(5)18(2)3)12-11-23(26)16-32-17-24(28-30-32)25(33)27-14-22-10-8-9-19(4)13-22/h8-10,13,15,17-18,21,23,29H,7,11-12,14,16H2,1-6H3,(H,27,33)/b20-15+. The third-order valence-corrected chi connectivity index (χ3v) is 5.64. The van der Waals surface area contributed by atoms with Gasteiger partial charge in [0.1, 0.15) is 6.17 Å². The molecule has 0 saturated carbocycles. The number of halogens is 1. The molecule has 1 aromatic heterocycles. The molecule has 8 heteroatoms. The number of hydrazine groups is 1. The lowest BCUT2D eigenvalue weighted by Gasteiger charge is -2.27. The molecular weight excluding hydrogens is 419 g/mol. The summed E-state index contributed by atoms with van der Waals surface area (Å²) in [6, 6.07) is 8.23. The highest BCUT2D eigenvalue weighted by Crippen LogP contribution is 2.11. The van der Waals surface area contributed by atoms with Gasteiger partial charge in [-0.15, -0.1) is 5.10 Å². The molecule has 2 rings (SSSR count). The predicted molar refractivity (Wildman–Crippen MR) is 130 cm³/mol. The van der Waals surface area contributed by atoms with Gasteiger partial charge in [0.15, 0.2) is 5.69 Å². The molecule has 1 amide bonds. The summed E-state index contributed by atoms with van der Waals surface area (Å²) in [5.41, 5.74) is 6.99. The second kappa shape index (κ2) is 13.1. The Balaban J connectivity index is 1.87. The number of nitrogens with one attached hydrogen (secondary N) is 2. The quantitative estimate of drug-likeness (QED) is 0.435. The van der Waals surface area contributed by atoms with E-state index < -0.39 is 6.17 Å². The van der Waals surface area contributed by atoms with Gasteiger partial charge in [-0.1, -0.05) is 61.4 Å². The summed E-state index contributed by atoms with van der Waals surface area (Å²) >= 11 is 0. The third-order valence-electron chi connectivity index (χ3n) is 5.64. The molecule has 1 aromatic carbocycles. The number of amides is 1. The van der Waals surface area contributed by atoms with Crippen LogP contribution in [0.2, 0.25) is 0 Å². The fraction of sp³-hybridized carbons (Fsp3) is 0.560. The van der Waals surface area contributed by atoms with E-state index in [1.165, 1.54) is 16.5 Å². The Morgan fingerprint density at radius 1 is 1.30 bits per heavy atom. The van der Waals surface area contributed by atoms with Crippen LogP contribution in [0.25, 0.3) is 0 Å². The van der Waals surface area contributed by atoms with Gasteiger partial charge in [0, 0.05) is 25.3 Å². The fourth-order valence-corrected chi connectivity index (χ4v) is 3.10. The maximum Gasteiger partial charge on any atom is 0.273 e. The molecule has 0 aliphatic carbocycles. The number of alkyl halides is 1. The van der Waals surface area contributed by atoms with Crippen molar-refractivity contribution in [3.8, 4) is 0 Å². The number of allylic oxidation sites excluding steroid dienone is 1. The number of carbonyl (C=O) groups excluding carboxylic acids is 1. The van der Waals surface area contributed by atoms with Gasteiger partial charge in [-0.05, 0) is 45.1 Å². The molecule has 0 aliphatic heterocycles. The molecule has 0 fully saturated rings. The third kappa shape index (κ3) is 9.34. The molecule has 0 radical (unpaired) electrons. The summed E-state index contributed by atoms with van der Waals surface area (Å²) in [6.07, 6.45) is 3.77. The van der Waals surface area contributed by atoms with Gasteiger partial charge >= 0.3 is 0 Å². The highest BCUT2D eigenvalue weighted by atomic mass is 19.1. The summed E-state index contributed by atoms with van der Waals surface area (Å²) in [5, 5.41) is 12.7. The Labute approximate surface area is 197 Å². The Morgan fingerprint density at radius 3 is 2.73 bits per heavy atom. The molecule has 0 spiro atoms. The molecule has 182 valence electrons. The zero-order valence-corrected chi connectivity index (χ0v) is 20.8. The first-order chi connectivity index (χ1) is 15.7. The van der Waals surface area contributed by atoms with Gasteiger partial charge in [0.2, 0.25) is 0 Å². The van der Waals surface area contributed by atoms with Gasteiger partial charge in [-0.25, -0.2) is 14.5 Å². The van der Waals surface area contributed by atoms with Crippen LogP contribution in [-0.2, 0) is 13.1 Å². The molecule has 2 atom stereocenters. The molecular formula is C25H39FN6O. The van der Waals surface area contributed by atoms with E-state index in [1.807, 2.05) is 36.2 Å². The lowest BCUT2D eigenvalue weighted by molar-refractivity contribution is 0.0945. The molecule has 0 aliphatic rings. The molecule has 0 bridgehead atoms. The minimum atomic E-state index is -1.11. The first-order valence-corrected chi connectivity index (χ1v) is 11.8. The molecule has 2 N–H and O–H groups in total. The van der Waals surface area contributed by atoms with E-state index in [-0.39, 0.29) is 18.1 Å². The lowest BCUT2D eigenvalue weighted by atomic mass is 10.1. The second-order valence-electron chi connectivity index (χ2n) is 9.04. The summed E-state index contributed by atoms with van der Waals surface area (Å²) in [6.45, 7) is 13.6. The van der Waals surface area contributed by atoms with Gasteiger partial charge in [-0.3, -0.25) is 4.79 Å². The molecule has 1 heterocycles. The molecule has 0 saturated heterocycles. The number of hydrogen-bond donors (Lipinski definition) is 2. The molecule has 33 heavy (non-hydrogen) atoms. The lowest BCUT2D eigenvalue weighted by Crippen LogP contribution is -2.41. The summed E-state index contributed by atoms with van der Waals surface area (Å²) in [4.78, 5) is 12.4. The highest BCUT2D eigenvalue weighted by molar-refractivity contribution is 5.91. The van der Waals surface area contributed by atoms with E-state index in [2.05, 4.69) is 61.9 Å². The van der Waals surface area contributed by atoms with E-state index in [4.69, 9.17) is 0 Å². The Kier molecular flexibility index (Phi) is 10.5. The molecule has 7 nitrogen and oxygen atoms in total. The number of nitrogens with zero attached hydrogens (tertiary/aromatic N) is 4. The van der Waals surface area contributed by atoms with Crippen molar-refractivity contribution in [1.82, 2.24) is 30.7 Å². The van der Waals surface area contributed by atoms with Crippen molar-refractivity contribution in [3.05, 3.63) is 59.1 Å². The summed E-state index contributed by atoms with van der Waals surface area (Å²) in [5.74, 6) is 0.106. The average molecular weight is 459 g/mol. The Hall–Kier alpha value is -2.74. The number of aryl methyl sites for hydroxylation is 1. The predicted octanol–water partition coefficient (Wildman–Crippen LogP) is 4.41. The van der Waals surface area contributed by atoms with E-state index in [1.54, 1.807) is 0 Å². The van der Waals surface area contributed by atoms with Crippen LogP contribution in [0.1, 0.15) is 69.1 Å². The van der Waals surface area contributed by atoms with Gasteiger partial charge < -0.3 is 10.3 Å². The fourth-order valence-electron chi connectivity index (χ4n) is 3.10. The first kappa shape index (κ1) is 26.5. The van der Waals surface area contributed by atoms with E-state index in [0.29, 0.717) is 31.5 Å². The molecule has 2 unspecified atom stereocenters. The zero-order chi connectivity index (χ0) is 24.4. The van der Waals surface area contributed by atoms with Crippen LogP contribution in [0.4, 0.5) is 4.39 Å². The second-order valence-corrected chi connectivity index (χ2v) is 9.04. The Morgan fingerprint density at radius 2 is 2.06 bits per heavy atom. The van der Waals surface area contributed by atoms with Crippen molar-refractivity contribution in [2.24, 2.45) is 5.92 Å². The van der Waals surface area contributed by atoms with Crippen molar-refractivity contribution < 1.29 is 9.18 Å². The van der Waals surface area contributed by atoms with Gasteiger partial charge in [0.25, 0.3) is 5.91 Å². The van der Waals surface area contributed by atoms with Gasteiger partial charge in [0.05, 0.1) is 12.7 Å². The highest BCUT2D eigenvalue weighted by Gasteiger charge is 2.15. The number of aromatic nitrogens is 3. The largest absolute Gasteiger partial charge is 0.347 e. The van der Waals surface area contributed by atoms with Crippen molar-refractivity contribution >= 4 is 5.91 Å². The SMILES string of the molecule is CCC(C)NN(/C=C(\C)C(C)C)CCC(F)Cn1cc(C(=O)NCc2cccc(C)c2)nn1. The monoisotopic (exact) mass is 458 g/mol. The summed E-state index contributed by atoms with van der Waals surface area (Å²) < 4.78 is 16.1. The van der Waals surface area contributed by atoms with E-state index in [0.717, 1.165) is 17.5 Å². The Bertz CT molecular complexity index is 910. The normalized spacial score (nSPS) is 13.8. The summed E-state index contributed by atoms with van der Waals surface area (Å²) in [7, 11) is 0. The van der Waals surface area contributed by atoms with Crippen molar-refractivity contribution in [3.63, 3.8) is 0 Å². The van der Waals surface area contributed by atoms with Crippen LogP contribution < -0.4 is 10.7 Å². The maximum absolute atomic E-state index is 14.7. The van der Waals surface area contributed by atoms with Crippen LogP contribution in [0, 0.1) is 12.8 Å². The van der Waals surface area contributed by atoms with Gasteiger partial charge in [-0.2, -0.15) is 0 Å². The maximum atomic E-state index is 14.7. The van der Waals surface area contributed by atoms with Crippen molar-refractivity contribution in [2.75, 3.05) is 6.54 Å².